The van der Waals surface area contributed by atoms with Crippen molar-refractivity contribution in [3.8, 4) is 23.0 Å². The topological polar surface area (TPSA) is 82.1 Å². The van der Waals surface area contributed by atoms with Crippen molar-refractivity contribution in [1.29, 1.82) is 0 Å². The van der Waals surface area contributed by atoms with Gasteiger partial charge in [0.15, 0.2) is 0 Å². The van der Waals surface area contributed by atoms with E-state index in [9.17, 15) is 14.7 Å². The van der Waals surface area contributed by atoms with Crippen LogP contribution in [0.15, 0.2) is 84.9 Å². The van der Waals surface area contributed by atoms with Crippen molar-refractivity contribution < 1.29 is 28.9 Å². The highest BCUT2D eigenvalue weighted by Crippen LogP contribution is 2.26. The summed E-state index contributed by atoms with van der Waals surface area (Å²) in [6.45, 7) is 0. The van der Waals surface area contributed by atoms with Gasteiger partial charge in [0.2, 0.25) is 0 Å². The summed E-state index contributed by atoms with van der Waals surface area (Å²) in [5, 5.41) is 11.0. The molecule has 0 heterocycles. The number of carbonyl (C=O) groups excluding carboxylic acids is 2. The van der Waals surface area contributed by atoms with E-state index in [1.807, 2.05) is 0 Å². The Morgan fingerprint density at radius 2 is 1.03 bits per heavy atom. The predicted molar refractivity (Wildman–Crippen MR) is 115 cm³/mol. The standard InChI is InChI=1S/C25H18O6/c1-29-21-10-4-17(5-11-21)25(28)31-23-13-7-18-14-22(12-6-19(18)15-23)30-24(27)16-2-8-20(26)9-3-16/h2-15,26H,1H3. The van der Waals surface area contributed by atoms with E-state index in [4.69, 9.17) is 14.2 Å². The first kappa shape index (κ1) is 20.0. The summed E-state index contributed by atoms with van der Waals surface area (Å²) >= 11 is 0. The number of aromatic hydroxyl groups is 1. The van der Waals surface area contributed by atoms with Crippen LogP contribution < -0.4 is 14.2 Å². The lowest BCUT2D eigenvalue weighted by atomic mass is 10.1. The van der Waals surface area contributed by atoms with Crippen molar-refractivity contribution >= 4 is 22.7 Å². The highest BCUT2D eigenvalue weighted by atomic mass is 16.5. The number of ether oxygens (including phenoxy) is 3. The molecular weight excluding hydrogens is 396 g/mol. The Hall–Kier alpha value is -4.32. The SMILES string of the molecule is COc1ccc(C(=O)Oc2ccc3cc(OC(=O)c4ccc(O)cc4)ccc3c2)cc1. The van der Waals surface area contributed by atoms with Crippen LogP contribution in [-0.2, 0) is 0 Å². The fraction of sp³-hybridized carbons (Fsp3) is 0.0400. The molecule has 0 unspecified atom stereocenters. The van der Waals surface area contributed by atoms with Crippen molar-refractivity contribution in [2.45, 2.75) is 0 Å². The maximum atomic E-state index is 12.3. The van der Waals surface area contributed by atoms with E-state index >= 15 is 0 Å². The van der Waals surface area contributed by atoms with Crippen molar-refractivity contribution in [3.63, 3.8) is 0 Å². The van der Waals surface area contributed by atoms with Crippen LogP contribution in [0.4, 0.5) is 0 Å². The molecule has 0 radical (unpaired) electrons. The van der Waals surface area contributed by atoms with Crippen LogP contribution in [0.5, 0.6) is 23.0 Å². The number of rotatable bonds is 5. The molecule has 0 bridgehead atoms. The van der Waals surface area contributed by atoms with Crippen molar-refractivity contribution in [2.24, 2.45) is 0 Å². The van der Waals surface area contributed by atoms with E-state index in [2.05, 4.69) is 0 Å². The summed E-state index contributed by atoms with van der Waals surface area (Å²) < 4.78 is 15.9. The second-order valence-corrected chi connectivity index (χ2v) is 6.73. The third-order valence-corrected chi connectivity index (χ3v) is 4.63. The summed E-state index contributed by atoms with van der Waals surface area (Å²) in [6.07, 6.45) is 0. The second kappa shape index (κ2) is 8.59. The van der Waals surface area contributed by atoms with E-state index < -0.39 is 11.9 Å². The smallest absolute Gasteiger partial charge is 0.343 e. The second-order valence-electron chi connectivity index (χ2n) is 6.73. The number of hydrogen-bond acceptors (Lipinski definition) is 6. The van der Waals surface area contributed by atoms with E-state index in [-0.39, 0.29) is 5.75 Å². The molecular formula is C25H18O6. The van der Waals surface area contributed by atoms with Gasteiger partial charge in [0.05, 0.1) is 18.2 Å². The summed E-state index contributed by atoms with van der Waals surface area (Å²) in [5.74, 6) is 0.525. The van der Waals surface area contributed by atoms with Gasteiger partial charge in [-0.05, 0) is 83.6 Å². The van der Waals surface area contributed by atoms with Crippen LogP contribution in [0, 0.1) is 0 Å². The molecule has 6 heteroatoms. The molecule has 0 aromatic heterocycles. The average molecular weight is 414 g/mol. The number of carbonyl (C=O) groups is 2. The number of phenolic OH excluding ortho intramolecular Hbond substituents is 1. The third-order valence-electron chi connectivity index (χ3n) is 4.63. The molecule has 4 aromatic rings. The van der Waals surface area contributed by atoms with Gasteiger partial charge in [-0.2, -0.15) is 0 Å². The van der Waals surface area contributed by atoms with Crippen LogP contribution in [0.2, 0.25) is 0 Å². The molecule has 4 aromatic carbocycles. The molecule has 0 atom stereocenters. The van der Waals surface area contributed by atoms with Crippen LogP contribution >= 0.6 is 0 Å². The Labute approximate surface area is 178 Å². The summed E-state index contributed by atoms with van der Waals surface area (Å²) in [5.41, 5.74) is 0.746. The van der Waals surface area contributed by atoms with Gasteiger partial charge in [0, 0.05) is 0 Å². The predicted octanol–water partition coefficient (Wildman–Crippen LogP) is 4.99. The number of phenols is 1. The van der Waals surface area contributed by atoms with Crippen LogP contribution in [0.25, 0.3) is 10.8 Å². The zero-order valence-corrected chi connectivity index (χ0v) is 16.6. The maximum absolute atomic E-state index is 12.3. The molecule has 0 aliphatic rings. The van der Waals surface area contributed by atoms with E-state index in [0.717, 1.165) is 10.8 Å². The molecule has 0 amide bonds. The fourth-order valence-electron chi connectivity index (χ4n) is 2.99. The van der Waals surface area contributed by atoms with Gasteiger partial charge in [-0.15, -0.1) is 0 Å². The largest absolute Gasteiger partial charge is 0.508 e. The normalized spacial score (nSPS) is 10.5. The molecule has 1 N–H and O–H groups in total. The lowest BCUT2D eigenvalue weighted by molar-refractivity contribution is 0.0725. The van der Waals surface area contributed by atoms with Crippen molar-refractivity contribution in [1.82, 2.24) is 0 Å². The number of fused-ring (bicyclic) bond motifs is 1. The maximum Gasteiger partial charge on any atom is 0.343 e. The van der Waals surface area contributed by atoms with E-state index in [1.165, 1.54) is 24.3 Å². The zero-order valence-electron chi connectivity index (χ0n) is 16.6. The van der Waals surface area contributed by atoms with E-state index in [1.54, 1.807) is 67.8 Å². The highest BCUT2D eigenvalue weighted by molar-refractivity contribution is 5.93. The van der Waals surface area contributed by atoms with Gasteiger partial charge in [0.25, 0.3) is 0 Å². The molecule has 154 valence electrons. The Kier molecular flexibility index (Phi) is 5.53. The highest BCUT2D eigenvalue weighted by Gasteiger charge is 2.11. The number of benzene rings is 4. The van der Waals surface area contributed by atoms with Crippen LogP contribution in [-0.4, -0.2) is 24.2 Å². The third kappa shape index (κ3) is 4.64. The minimum atomic E-state index is -0.524. The monoisotopic (exact) mass is 414 g/mol. The molecule has 4 rings (SSSR count). The molecule has 0 saturated carbocycles. The molecule has 0 fully saturated rings. The van der Waals surface area contributed by atoms with Gasteiger partial charge < -0.3 is 19.3 Å². The zero-order chi connectivity index (χ0) is 21.8. The molecule has 0 aliphatic heterocycles. The lowest BCUT2D eigenvalue weighted by Crippen LogP contribution is -2.08. The van der Waals surface area contributed by atoms with Crippen LogP contribution in [0.1, 0.15) is 20.7 Å². The Balaban J connectivity index is 1.47. The first-order valence-corrected chi connectivity index (χ1v) is 9.43. The molecule has 0 aliphatic carbocycles. The lowest BCUT2D eigenvalue weighted by Gasteiger charge is -2.08. The van der Waals surface area contributed by atoms with Gasteiger partial charge in [-0.25, -0.2) is 9.59 Å². The number of esters is 2. The van der Waals surface area contributed by atoms with Gasteiger partial charge in [-0.1, -0.05) is 12.1 Å². The van der Waals surface area contributed by atoms with Crippen LogP contribution in [0.3, 0.4) is 0 Å². The quantitative estimate of drug-likeness (QED) is 0.366. The Morgan fingerprint density at radius 1 is 0.613 bits per heavy atom. The molecule has 0 spiro atoms. The summed E-state index contributed by atoms with van der Waals surface area (Å²) in [6, 6.07) is 22.8. The summed E-state index contributed by atoms with van der Waals surface area (Å²) in [7, 11) is 1.56. The Morgan fingerprint density at radius 3 is 1.48 bits per heavy atom. The minimum Gasteiger partial charge on any atom is -0.508 e. The van der Waals surface area contributed by atoms with Gasteiger partial charge in [0.1, 0.15) is 23.0 Å². The van der Waals surface area contributed by atoms with Gasteiger partial charge in [-0.3, -0.25) is 0 Å². The minimum absolute atomic E-state index is 0.0748. The van der Waals surface area contributed by atoms with Crippen molar-refractivity contribution in [3.05, 3.63) is 96.1 Å². The molecule has 31 heavy (non-hydrogen) atoms. The van der Waals surface area contributed by atoms with E-state index in [0.29, 0.717) is 28.4 Å². The first-order chi connectivity index (χ1) is 15.0. The average Bonchev–Trinajstić information content (AvgIpc) is 2.79. The van der Waals surface area contributed by atoms with Crippen molar-refractivity contribution in [2.75, 3.05) is 7.11 Å². The summed E-state index contributed by atoms with van der Waals surface area (Å²) in [4.78, 5) is 24.6. The first-order valence-electron chi connectivity index (χ1n) is 9.43. The van der Waals surface area contributed by atoms with Gasteiger partial charge >= 0.3 is 11.9 Å². The Bertz CT molecular complexity index is 1240. The molecule has 6 nitrogen and oxygen atoms in total. The number of hydrogen-bond donors (Lipinski definition) is 1. The fourth-order valence-corrected chi connectivity index (χ4v) is 2.99. The molecule has 0 saturated heterocycles. The number of methoxy groups -OCH3 is 1.